The van der Waals surface area contributed by atoms with E-state index >= 15 is 0 Å². The van der Waals surface area contributed by atoms with Gasteiger partial charge in [-0.05, 0) is 34.1 Å². The van der Waals surface area contributed by atoms with E-state index in [2.05, 4.69) is 51.3 Å². The zero-order valence-electron chi connectivity index (χ0n) is 12.5. The number of hydrogen-bond acceptors (Lipinski definition) is 4. The maximum atomic E-state index is 6.30. The lowest BCUT2D eigenvalue weighted by atomic mass is 9.77. The van der Waals surface area contributed by atoms with Gasteiger partial charge in [-0.3, -0.25) is 4.90 Å². The Morgan fingerprint density at radius 2 is 2.00 bits per heavy atom. The van der Waals surface area contributed by atoms with Crippen molar-refractivity contribution in [3.05, 3.63) is 0 Å². The van der Waals surface area contributed by atoms with E-state index in [1.165, 1.54) is 5.75 Å². The summed E-state index contributed by atoms with van der Waals surface area (Å²) in [4.78, 5) is 2.60. The molecule has 3 nitrogen and oxygen atoms in total. The maximum Gasteiger partial charge on any atom is 0.0830 e. The third-order valence-corrected chi connectivity index (χ3v) is 5.69. The average Bonchev–Trinajstić information content (AvgIpc) is 2.43. The van der Waals surface area contributed by atoms with Crippen molar-refractivity contribution in [3.63, 3.8) is 0 Å². The molecule has 0 saturated carbocycles. The smallest absolute Gasteiger partial charge is 0.0830 e. The number of hydrogen-bond donors (Lipinski definition) is 1. The molecule has 2 N–H and O–H groups in total. The molecular formula is C14H28N2OS. The molecule has 0 bridgehead atoms. The van der Waals surface area contributed by atoms with E-state index in [1.807, 2.05) is 0 Å². The minimum atomic E-state index is -0.174. The highest BCUT2D eigenvalue weighted by Gasteiger charge is 2.59. The number of rotatable bonds is 2. The molecule has 2 aliphatic rings. The van der Waals surface area contributed by atoms with Gasteiger partial charge in [0.05, 0.1) is 16.7 Å². The maximum absolute atomic E-state index is 6.30. The zero-order valence-corrected chi connectivity index (χ0v) is 13.3. The molecular weight excluding hydrogens is 244 g/mol. The Morgan fingerprint density at radius 3 is 2.44 bits per heavy atom. The van der Waals surface area contributed by atoms with Crippen LogP contribution in [0.3, 0.4) is 0 Å². The first-order valence-electron chi connectivity index (χ1n) is 6.99. The number of nitrogens with two attached hydrogens (primary N) is 1. The first kappa shape index (κ1) is 14.6. The van der Waals surface area contributed by atoms with E-state index in [4.69, 9.17) is 10.5 Å². The largest absolute Gasteiger partial charge is 0.368 e. The third kappa shape index (κ3) is 2.33. The van der Waals surface area contributed by atoms with Crippen LogP contribution in [0.25, 0.3) is 0 Å². The van der Waals surface area contributed by atoms with Gasteiger partial charge in [0.1, 0.15) is 0 Å². The number of ether oxygens (including phenoxy) is 1. The van der Waals surface area contributed by atoms with Gasteiger partial charge in [0.2, 0.25) is 0 Å². The number of thioether (sulfide) groups is 1. The highest BCUT2D eigenvalue weighted by Crippen LogP contribution is 2.48. The molecule has 2 aliphatic heterocycles. The van der Waals surface area contributed by atoms with Crippen molar-refractivity contribution in [2.75, 3.05) is 25.4 Å². The Kier molecular flexibility index (Phi) is 3.78. The van der Waals surface area contributed by atoms with Crippen molar-refractivity contribution in [1.82, 2.24) is 4.90 Å². The van der Waals surface area contributed by atoms with Crippen LogP contribution in [0, 0.1) is 0 Å². The summed E-state index contributed by atoms with van der Waals surface area (Å²) in [5, 5.41) is 0.696. The summed E-state index contributed by atoms with van der Waals surface area (Å²) in [6.07, 6.45) is 1.03. The predicted octanol–water partition coefficient (Wildman–Crippen LogP) is 2.10. The molecule has 18 heavy (non-hydrogen) atoms. The van der Waals surface area contributed by atoms with Crippen molar-refractivity contribution in [2.24, 2.45) is 5.73 Å². The van der Waals surface area contributed by atoms with Gasteiger partial charge in [0.25, 0.3) is 0 Å². The van der Waals surface area contributed by atoms with Crippen LogP contribution in [0.2, 0.25) is 0 Å². The Balaban J connectivity index is 2.29. The molecule has 0 aromatic heterocycles. The van der Waals surface area contributed by atoms with E-state index in [0.29, 0.717) is 11.8 Å². The normalized spacial score (nSPS) is 40.0. The minimum absolute atomic E-state index is 0.00819. The zero-order chi connectivity index (χ0) is 13.6. The van der Waals surface area contributed by atoms with Crippen LogP contribution in [0.4, 0.5) is 0 Å². The van der Waals surface area contributed by atoms with E-state index in [-0.39, 0.29) is 16.7 Å². The molecule has 2 fully saturated rings. The van der Waals surface area contributed by atoms with Crippen molar-refractivity contribution >= 4 is 11.8 Å². The van der Waals surface area contributed by atoms with Crippen molar-refractivity contribution in [3.8, 4) is 0 Å². The monoisotopic (exact) mass is 272 g/mol. The Labute approximate surface area is 116 Å². The van der Waals surface area contributed by atoms with Crippen LogP contribution in [0.1, 0.15) is 41.0 Å². The van der Waals surface area contributed by atoms with E-state index in [0.717, 1.165) is 19.5 Å². The molecule has 2 rings (SSSR count). The summed E-state index contributed by atoms with van der Waals surface area (Å²) in [6, 6.07) is 0. The van der Waals surface area contributed by atoms with Gasteiger partial charge in [-0.2, -0.15) is 11.8 Å². The van der Waals surface area contributed by atoms with Crippen LogP contribution in [0.5, 0.6) is 0 Å². The van der Waals surface area contributed by atoms with Gasteiger partial charge in [-0.15, -0.1) is 0 Å². The van der Waals surface area contributed by atoms with Crippen LogP contribution < -0.4 is 5.73 Å². The second kappa shape index (κ2) is 4.65. The third-order valence-electron chi connectivity index (χ3n) is 4.55. The van der Waals surface area contributed by atoms with E-state index in [9.17, 15) is 0 Å². The molecule has 0 aliphatic carbocycles. The highest BCUT2D eigenvalue weighted by atomic mass is 32.2. The first-order chi connectivity index (χ1) is 8.22. The summed E-state index contributed by atoms with van der Waals surface area (Å²) < 4.78 is 6.30. The molecule has 2 saturated heterocycles. The van der Waals surface area contributed by atoms with Gasteiger partial charge in [-0.25, -0.2) is 0 Å². The topological polar surface area (TPSA) is 38.5 Å². The highest BCUT2D eigenvalue weighted by molar-refractivity contribution is 7.99. The van der Waals surface area contributed by atoms with Gasteiger partial charge in [0, 0.05) is 30.6 Å². The fourth-order valence-corrected chi connectivity index (χ4v) is 4.90. The summed E-state index contributed by atoms with van der Waals surface area (Å²) >= 11 is 2.07. The molecule has 4 heteroatoms. The second-order valence-electron chi connectivity index (χ2n) is 6.91. The van der Waals surface area contributed by atoms with Crippen molar-refractivity contribution < 1.29 is 4.74 Å². The van der Waals surface area contributed by atoms with Crippen LogP contribution in [-0.2, 0) is 4.74 Å². The molecule has 0 amide bonds. The minimum Gasteiger partial charge on any atom is -0.368 e. The molecule has 0 aromatic rings. The quantitative estimate of drug-likeness (QED) is 0.835. The summed E-state index contributed by atoms with van der Waals surface area (Å²) in [5.41, 5.74) is 5.96. The standard InChI is InChI=1S/C14H28N2OS/c1-11-8-16(6-7-18-11)14(10-15)9-12(2,3)17-13(14,4)5/h11H,6-10,15H2,1-5H3. The molecule has 2 atom stereocenters. The van der Waals surface area contributed by atoms with Crippen LogP contribution >= 0.6 is 11.8 Å². The van der Waals surface area contributed by atoms with Gasteiger partial charge < -0.3 is 10.5 Å². The molecule has 0 spiro atoms. The Hall–Kier alpha value is 0.230. The molecule has 0 aromatic carbocycles. The lowest BCUT2D eigenvalue weighted by Gasteiger charge is -2.50. The van der Waals surface area contributed by atoms with Crippen LogP contribution in [0.15, 0.2) is 0 Å². The van der Waals surface area contributed by atoms with Crippen molar-refractivity contribution in [1.29, 1.82) is 0 Å². The lowest BCUT2D eigenvalue weighted by Crippen LogP contribution is -2.65. The molecule has 2 unspecified atom stereocenters. The summed E-state index contributed by atoms with van der Waals surface area (Å²) in [7, 11) is 0. The van der Waals surface area contributed by atoms with Gasteiger partial charge in [0.15, 0.2) is 0 Å². The number of nitrogens with zero attached hydrogens (tertiary/aromatic N) is 1. The summed E-state index contributed by atoms with van der Waals surface area (Å²) in [6.45, 7) is 14.1. The first-order valence-corrected chi connectivity index (χ1v) is 8.04. The average molecular weight is 272 g/mol. The van der Waals surface area contributed by atoms with Crippen molar-refractivity contribution in [2.45, 2.75) is 63.0 Å². The van der Waals surface area contributed by atoms with E-state index in [1.54, 1.807) is 0 Å². The lowest BCUT2D eigenvalue weighted by molar-refractivity contribution is -0.103. The summed E-state index contributed by atoms with van der Waals surface area (Å²) in [5.74, 6) is 1.21. The fourth-order valence-electron chi connectivity index (χ4n) is 3.89. The second-order valence-corrected chi connectivity index (χ2v) is 8.46. The Bertz CT molecular complexity index is 319. The molecule has 106 valence electrons. The van der Waals surface area contributed by atoms with Crippen LogP contribution in [-0.4, -0.2) is 52.3 Å². The Morgan fingerprint density at radius 1 is 1.33 bits per heavy atom. The van der Waals surface area contributed by atoms with E-state index < -0.39 is 0 Å². The SMILES string of the molecule is CC1CN(C2(CN)CC(C)(C)OC2(C)C)CCS1. The van der Waals surface area contributed by atoms with Gasteiger partial charge in [-0.1, -0.05) is 6.92 Å². The fraction of sp³-hybridized carbons (Fsp3) is 1.00. The predicted molar refractivity (Wildman–Crippen MR) is 79.1 cm³/mol. The van der Waals surface area contributed by atoms with Gasteiger partial charge >= 0.3 is 0 Å². The molecule has 2 heterocycles. The molecule has 0 radical (unpaired) electrons.